The van der Waals surface area contributed by atoms with Crippen LogP contribution >= 0.6 is 0 Å². The van der Waals surface area contributed by atoms with Gasteiger partial charge in [-0.3, -0.25) is 4.79 Å². The monoisotopic (exact) mass is 274 g/mol. The third-order valence-electron chi connectivity index (χ3n) is 2.31. The van der Waals surface area contributed by atoms with Crippen molar-refractivity contribution in [1.82, 2.24) is 0 Å². The second-order valence-corrected chi connectivity index (χ2v) is 3.82. The van der Waals surface area contributed by atoms with Crippen molar-refractivity contribution in [1.29, 1.82) is 0 Å². The molecule has 20 heavy (non-hydrogen) atoms. The number of methoxy groups -OCH3 is 1. The lowest BCUT2D eigenvalue weighted by molar-refractivity contribution is -0.137. The quantitative estimate of drug-likeness (QED) is 0.909. The van der Waals surface area contributed by atoms with E-state index in [0.29, 0.717) is 5.75 Å². The highest BCUT2D eigenvalue weighted by molar-refractivity contribution is 5.66. The summed E-state index contributed by atoms with van der Waals surface area (Å²) in [5.41, 5.74) is 0. The minimum Gasteiger partial charge on any atom is -0.497 e. The number of carboxylic acids is 1. The zero-order valence-corrected chi connectivity index (χ0v) is 11.4. The molecule has 0 amide bonds. The third kappa shape index (κ3) is 7.06. The number of para-hydroxylation sites is 2. The van der Waals surface area contributed by atoms with E-state index < -0.39 is 5.97 Å². The summed E-state index contributed by atoms with van der Waals surface area (Å²) in [6, 6.07) is 18.8. The van der Waals surface area contributed by atoms with Gasteiger partial charge in [0.05, 0.1) is 20.1 Å². The number of carboxylic acid groups (broad SMARTS) is 1. The molecule has 2 rings (SSSR count). The summed E-state index contributed by atoms with van der Waals surface area (Å²) >= 11 is 0. The zero-order valence-electron chi connectivity index (χ0n) is 11.4. The Hall–Kier alpha value is -2.49. The molecule has 0 bridgehead atoms. The van der Waals surface area contributed by atoms with Crippen LogP contribution in [0, 0.1) is 0 Å². The van der Waals surface area contributed by atoms with Gasteiger partial charge in [-0.05, 0) is 24.3 Å². The molecule has 0 aliphatic carbocycles. The smallest absolute Gasteiger partial charge is 0.306 e. The number of ether oxygens (including phenoxy) is 2. The first kappa shape index (κ1) is 15.6. The molecule has 0 unspecified atom stereocenters. The number of hydrogen-bond acceptors (Lipinski definition) is 3. The van der Waals surface area contributed by atoms with Crippen LogP contribution in [0.25, 0.3) is 0 Å². The first-order valence-corrected chi connectivity index (χ1v) is 6.21. The van der Waals surface area contributed by atoms with Crippen LogP contribution < -0.4 is 9.47 Å². The highest BCUT2D eigenvalue weighted by Gasteiger charge is 1.96. The van der Waals surface area contributed by atoms with Gasteiger partial charge in [-0.2, -0.15) is 0 Å². The molecule has 106 valence electrons. The number of hydrogen-bond donors (Lipinski definition) is 1. The normalized spacial score (nSPS) is 9.05. The Kier molecular flexibility index (Phi) is 7.35. The zero-order chi connectivity index (χ0) is 14.6. The Morgan fingerprint density at radius 3 is 1.85 bits per heavy atom. The van der Waals surface area contributed by atoms with Crippen LogP contribution in [0.15, 0.2) is 60.7 Å². The SMILES string of the molecule is COc1ccccc1.O=C(O)CCOc1ccccc1. The maximum absolute atomic E-state index is 10.1. The van der Waals surface area contributed by atoms with Crippen molar-refractivity contribution in [3.05, 3.63) is 60.7 Å². The van der Waals surface area contributed by atoms with Gasteiger partial charge in [0.15, 0.2) is 0 Å². The minimum atomic E-state index is -0.842. The molecule has 0 aromatic heterocycles. The van der Waals surface area contributed by atoms with Crippen LogP contribution in [0.2, 0.25) is 0 Å². The van der Waals surface area contributed by atoms with E-state index >= 15 is 0 Å². The first-order valence-electron chi connectivity index (χ1n) is 6.21. The van der Waals surface area contributed by atoms with Crippen LogP contribution in [-0.2, 0) is 4.79 Å². The molecule has 4 heteroatoms. The second-order valence-electron chi connectivity index (χ2n) is 3.82. The summed E-state index contributed by atoms with van der Waals surface area (Å²) < 4.78 is 10.1. The summed E-state index contributed by atoms with van der Waals surface area (Å²) in [4.78, 5) is 10.1. The van der Waals surface area contributed by atoms with Crippen LogP contribution in [0.4, 0.5) is 0 Å². The fourth-order valence-electron chi connectivity index (χ4n) is 1.33. The molecule has 2 aromatic carbocycles. The van der Waals surface area contributed by atoms with E-state index in [9.17, 15) is 4.79 Å². The van der Waals surface area contributed by atoms with Gasteiger partial charge in [-0.15, -0.1) is 0 Å². The third-order valence-corrected chi connectivity index (χ3v) is 2.31. The molecule has 2 aromatic rings. The van der Waals surface area contributed by atoms with Gasteiger partial charge in [-0.1, -0.05) is 36.4 Å². The molecule has 0 fully saturated rings. The maximum Gasteiger partial charge on any atom is 0.306 e. The summed E-state index contributed by atoms with van der Waals surface area (Å²) in [5.74, 6) is 0.775. The van der Waals surface area contributed by atoms with Gasteiger partial charge in [0, 0.05) is 0 Å². The number of benzene rings is 2. The molecule has 0 atom stereocenters. The number of rotatable bonds is 5. The van der Waals surface area contributed by atoms with E-state index in [0.717, 1.165) is 5.75 Å². The maximum atomic E-state index is 10.1. The molecule has 0 spiro atoms. The molecule has 0 aliphatic rings. The Labute approximate surface area is 118 Å². The molecule has 4 nitrogen and oxygen atoms in total. The van der Waals surface area contributed by atoms with Crippen molar-refractivity contribution >= 4 is 5.97 Å². The van der Waals surface area contributed by atoms with Crippen LogP contribution in [0.5, 0.6) is 11.5 Å². The predicted molar refractivity (Wildman–Crippen MR) is 77.2 cm³/mol. The highest BCUT2D eigenvalue weighted by Crippen LogP contribution is 2.08. The predicted octanol–water partition coefficient (Wildman–Crippen LogP) is 3.24. The Bertz CT molecular complexity index is 482. The molecule has 0 heterocycles. The van der Waals surface area contributed by atoms with Crippen molar-refractivity contribution in [2.75, 3.05) is 13.7 Å². The van der Waals surface area contributed by atoms with Crippen molar-refractivity contribution in [2.24, 2.45) is 0 Å². The summed E-state index contributed by atoms with van der Waals surface area (Å²) in [5, 5.41) is 8.31. The Morgan fingerprint density at radius 2 is 1.45 bits per heavy atom. The Morgan fingerprint density at radius 1 is 0.950 bits per heavy atom. The minimum absolute atomic E-state index is 0.0366. The molecular weight excluding hydrogens is 256 g/mol. The molecular formula is C16H18O4. The molecule has 0 saturated carbocycles. The number of aliphatic carboxylic acids is 1. The molecule has 0 radical (unpaired) electrons. The van der Waals surface area contributed by atoms with E-state index in [2.05, 4.69) is 0 Å². The lowest BCUT2D eigenvalue weighted by atomic mass is 10.3. The fourth-order valence-corrected chi connectivity index (χ4v) is 1.33. The van der Waals surface area contributed by atoms with E-state index in [-0.39, 0.29) is 13.0 Å². The van der Waals surface area contributed by atoms with Gasteiger partial charge >= 0.3 is 5.97 Å². The standard InChI is InChI=1S/C9H10O3.C7H8O/c10-9(11)6-7-12-8-4-2-1-3-5-8;1-8-7-5-3-2-4-6-7/h1-5H,6-7H2,(H,10,11);2-6H,1H3. The lowest BCUT2D eigenvalue weighted by Gasteiger charge is -2.02. The average molecular weight is 274 g/mol. The van der Waals surface area contributed by atoms with E-state index in [1.54, 1.807) is 19.2 Å². The second kappa shape index (κ2) is 9.44. The lowest BCUT2D eigenvalue weighted by Crippen LogP contribution is -2.04. The largest absolute Gasteiger partial charge is 0.497 e. The molecule has 0 aliphatic heterocycles. The van der Waals surface area contributed by atoms with Crippen LogP contribution in [0.3, 0.4) is 0 Å². The van der Waals surface area contributed by atoms with Gasteiger partial charge in [0.2, 0.25) is 0 Å². The van der Waals surface area contributed by atoms with E-state index in [1.165, 1.54) is 0 Å². The summed E-state index contributed by atoms with van der Waals surface area (Å²) in [6.07, 6.45) is 0.0366. The highest BCUT2D eigenvalue weighted by atomic mass is 16.5. The van der Waals surface area contributed by atoms with Gasteiger partial charge in [-0.25, -0.2) is 0 Å². The molecule has 0 saturated heterocycles. The summed E-state index contributed by atoms with van der Waals surface area (Å²) in [7, 11) is 1.66. The van der Waals surface area contributed by atoms with Crippen molar-refractivity contribution < 1.29 is 19.4 Å². The van der Waals surface area contributed by atoms with Crippen LogP contribution in [0.1, 0.15) is 6.42 Å². The first-order chi connectivity index (χ1) is 9.72. The molecule has 1 N–H and O–H groups in total. The van der Waals surface area contributed by atoms with Crippen molar-refractivity contribution in [3.8, 4) is 11.5 Å². The average Bonchev–Trinajstić information content (AvgIpc) is 2.49. The van der Waals surface area contributed by atoms with Crippen molar-refractivity contribution in [3.63, 3.8) is 0 Å². The van der Waals surface area contributed by atoms with Crippen LogP contribution in [-0.4, -0.2) is 24.8 Å². The number of carbonyl (C=O) groups is 1. The van der Waals surface area contributed by atoms with E-state index in [4.69, 9.17) is 14.6 Å². The Balaban J connectivity index is 0.000000217. The van der Waals surface area contributed by atoms with Gasteiger partial charge < -0.3 is 14.6 Å². The fraction of sp³-hybridized carbons (Fsp3) is 0.188. The van der Waals surface area contributed by atoms with E-state index in [1.807, 2.05) is 48.5 Å². The van der Waals surface area contributed by atoms with Gasteiger partial charge in [0.1, 0.15) is 11.5 Å². The van der Waals surface area contributed by atoms with Gasteiger partial charge in [0.25, 0.3) is 0 Å². The summed E-state index contributed by atoms with van der Waals surface area (Å²) in [6.45, 7) is 0.222. The van der Waals surface area contributed by atoms with Crippen molar-refractivity contribution in [2.45, 2.75) is 6.42 Å². The topological polar surface area (TPSA) is 55.8 Å².